The first-order valence-electron chi connectivity index (χ1n) is 30.9. The van der Waals surface area contributed by atoms with Crippen LogP contribution in [-0.2, 0) is 68.4 Å². The molecule has 0 saturated heterocycles. The van der Waals surface area contributed by atoms with Gasteiger partial charge >= 0.3 is 12.2 Å². The van der Waals surface area contributed by atoms with Gasteiger partial charge in [0.25, 0.3) is 0 Å². The van der Waals surface area contributed by atoms with Crippen molar-refractivity contribution < 1.29 is 71.9 Å². The molecular formula is C60H102N2O16S4. The number of ether oxygens (including phenoxy) is 2. The second kappa shape index (κ2) is 27.8. The lowest BCUT2D eigenvalue weighted by molar-refractivity contribution is -0.124. The monoisotopic (exact) mass is 1230 g/mol. The molecule has 8 rings (SSSR count). The van der Waals surface area contributed by atoms with Crippen LogP contribution in [0, 0.1) is 59.2 Å². The summed E-state index contributed by atoms with van der Waals surface area (Å²) >= 11 is 0. The fourth-order valence-corrected chi connectivity index (χ4v) is 20.9. The molecule has 472 valence electrons. The number of carbonyl (C=O) groups excluding carboxylic acids is 6. The van der Waals surface area contributed by atoms with Crippen LogP contribution in [0.5, 0.6) is 0 Å². The minimum atomic E-state index is -3.71. The molecule has 0 radical (unpaired) electrons. The SMILES string of the molecule is CCC(=O)[C@@H]1C[C@H](CS(=O)(=O)C2CC2)C[C@@H]1C.CCC(=O)[C@@H]1C[C@H](N(C(=O)OC(C)(C)C)S(=O)(=O)C2CC2)C[C@@H]1C.CCC(=O)[C@H]1C[C@@H](CS(=O)(=O)C2CC2)C[C@H]1C.CCC(=O)[C@H]1C[C@@H](N(C(=O)OC(C)(C)C)S(=O)(=O)C2CC2)C[C@H]1C. The van der Waals surface area contributed by atoms with Crippen LogP contribution in [0.4, 0.5) is 9.59 Å². The zero-order valence-corrected chi connectivity index (χ0v) is 55.1. The lowest BCUT2D eigenvalue weighted by Gasteiger charge is -2.31. The lowest BCUT2D eigenvalue weighted by atomic mass is 9.92. The molecule has 12 atom stereocenters. The number of nitrogens with zero attached hydrogens (tertiary/aromatic N) is 2. The van der Waals surface area contributed by atoms with Gasteiger partial charge in [-0.05, 0) is 180 Å². The predicted octanol–water partition coefficient (Wildman–Crippen LogP) is 10.6. The normalized spacial score (nSPS) is 30.3. The van der Waals surface area contributed by atoms with Crippen molar-refractivity contribution in [1.29, 1.82) is 0 Å². The van der Waals surface area contributed by atoms with Crippen LogP contribution in [0.15, 0.2) is 0 Å². The Labute approximate surface area is 493 Å². The molecule has 0 unspecified atom stereocenters. The Kier molecular flexibility index (Phi) is 23.7. The fourth-order valence-electron chi connectivity index (χ4n) is 13.1. The van der Waals surface area contributed by atoms with Gasteiger partial charge in [0.05, 0.1) is 44.6 Å². The molecule has 2 amide bonds. The van der Waals surface area contributed by atoms with Gasteiger partial charge in [0.15, 0.2) is 19.7 Å². The van der Waals surface area contributed by atoms with Gasteiger partial charge in [0, 0.05) is 49.4 Å². The lowest BCUT2D eigenvalue weighted by Crippen LogP contribution is -2.47. The van der Waals surface area contributed by atoms with Crippen LogP contribution in [-0.4, -0.2) is 133 Å². The van der Waals surface area contributed by atoms with E-state index in [1.54, 1.807) is 41.5 Å². The van der Waals surface area contributed by atoms with Gasteiger partial charge in [-0.25, -0.2) is 51.9 Å². The van der Waals surface area contributed by atoms with Crippen molar-refractivity contribution in [3.05, 3.63) is 0 Å². The molecule has 8 saturated carbocycles. The summed E-state index contributed by atoms with van der Waals surface area (Å²) in [6, 6.07) is -0.970. The summed E-state index contributed by atoms with van der Waals surface area (Å²) in [6.45, 7) is 25.8. The second-order valence-electron chi connectivity index (χ2n) is 27.6. The number of sulfonamides is 2. The van der Waals surface area contributed by atoms with E-state index < -0.39 is 85.7 Å². The van der Waals surface area contributed by atoms with E-state index in [9.17, 15) is 62.4 Å². The number of Topliss-reactive ketones (excluding diaryl/α,β-unsaturated/α-hetero) is 4. The third-order valence-electron chi connectivity index (χ3n) is 18.0. The van der Waals surface area contributed by atoms with Crippen LogP contribution in [0.2, 0.25) is 0 Å². The third-order valence-corrected chi connectivity index (χ3v) is 27.4. The van der Waals surface area contributed by atoms with Crippen molar-refractivity contribution in [3.8, 4) is 0 Å². The largest absolute Gasteiger partial charge is 0.443 e. The molecule has 0 spiro atoms. The zero-order valence-electron chi connectivity index (χ0n) is 51.9. The van der Waals surface area contributed by atoms with Crippen molar-refractivity contribution in [3.63, 3.8) is 0 Å². The average Bonchev–Trinajstić information content (AvgIpc) is 4.34. The first-order valence-corrected chi connectivity index (χ1v) is 37.3. The molecule has 0 heterocycles. The number of ketones is 4. The van der Waals surface area contributed by atoms with Crippen LogP contribution in [0.3, 0.4) is 0 Å². The molecule has 8 aliphatic rings. The number of carbonyl (C=O) groups is 6. The van der Waals surface area contributed by atoms with Gasteiger partial charge in [0.2, 0.25) is 20.0 Å². The Morgan fingerprint density at radius 1 is 0.378 bits per heavy atom. The minimum Gasteiger partial charge on any atom is -0.443 e. The Balaban J connectivity index is 0.000000203. The number of sulfone groups is 2. The summed E-state index contributed by atoms with van der Waals surface area (Å²) in [4.78, 5) is 72.9. The molecule has 8 aliphatic carbocycles. The van der Waals surface area contributed by atoms with E-state index in [2.05, 4.69) is 13.8 Å². The predicted molar refractivity (Wildman–Crippen MR) is 317 cm³/mol. The molecule has 0 aromatic carbocycles. The van der Waals surface area contributed by atoms with E-state index in [4.69, 9.17) is 9.47 Å². The van der Waals surface area contributed by atoms with Crippen molar-refractivity contribution in [2.24, 2.45) is 59.2 Å². The summed E-state index contributed by atoms with van der Waals surface area (Å²) in [6.07, 6.45) is 11.4. The smallest absolute Gasteiger partial charge is 0.424 e. The van der Waals surface area contributed by atoms with Crippen molar-refractivity contribution in [2.45, 2.75) is 270 Å². The highest BCUT2D eigenvalue weighted by atomic mass is 32.2. The number of hydrogen-bond acceptors (Lipinski definition) is 16. The first kappa shape index (κ1) is 69.8. The Morgan fingerprint density at radius 2 is 0.622 bits per heavy atom. The standard InChI is InChI=1S/2C17H29NO5S.2C13H22O3S/c2*1-6-15(19)14-10-12(9-11(14)2)18(16(20)23-17(3,4)5)24(21,22)13-7-8-13;2*1-3-13(14)12-7-10(6-9(12)2)8-17(15,16)11-4-5-11/h2*11-14H,6-10H2,1-5H3;2*9-12H,3-8H2,1-2H3/t2*11-,12+,14+;2*9-,10+,12+/m1010/s1. The summed E-state index contributed by atoms with van der Waals surface area (Å²) in [5.41, 5.74) is -1.53. The maximum absolute atomic E-state index is 12.8. The molecule has 0 bridgehead atoms. The molecule has 0 aromatic heterocycles. The Morgan fingerprint density at radius 3 is 0.854 bits per heavy atom. The highest BCUT2D eigenvalue weighted by molar-refractivity contribution is 7.92. The van der Waals surface area contributed by atoms with Crippen molar-refractivity contribution in [1.82, 2.24) is 8.61 Å². The van der Waals surface area contributed by atoms with E-state index >= 15 is 0 Å². The topological polar surface area (TPSA) is 264 Å². The minimum absolute atomic E-state index is 0.0567. The van der Waals surface area contributed by atoms with Crippen LogP contribution < -0.4 is 0 Å². The second-order valence-corrected chi connectivity index (χ2v) is 36.5. The third kappa shape index (κ3) is 19.0. The van der Waals surface area contributed by atoms with E-state index in [1.165, 1.54) is 0 Å². The molecule has 0 aliphatic heterocycles. The molecule has 18 nitrogen and oxygen atoms in total. The highest BCUT2D eigenvalue weighted by Gasteiger charge is 2.52. The number of rotatable bonds is 20. The van der Waals surface area contributed by atoms with E-state index in [-0.39, 0.29) is 69.4 Å². The molecular weight excluding hydrogens is 1130 g/mol. The van der Waals surface area contributed by atoms with E-state index in [1.807, 2.05) is 41.5 Å². The maximum Gasteiger partial charge on any atom is 0.424 e. The molecule has 0 aromatic rings. The molecule has 82 heavy (non-hydrogen) atoms. The summed E-state index contributed by atoms with van der Waals surface area (Å²) in [5.74, 6) is 2.69. The fraction of sp³-hybridized carbons (Fsp3) is 0.900. The number of amides is 2. The molecule has 8 fully saturated rings. The van der Waals surface area contributed by atoms with E-state index in [0.29, 0.717) is 112 Å². The van der Waals surface area contributed by atoms with Crippen LogP contribution >= 0.6 is 0 Å². The van der Waals surface area contributed by atoms with Crippen LogP contribution in [0.1, 0.15) is 225 Å². The Bertz CT molecular complexity index is 2550. The van der Waals surface area contributed by atoms with Crippen LogP contribution in [0.25, 0.3) is 0 Å². The van der Waals surface area contributed by atoms with Crippen molar-refractivity contribution >= 4 is 75.0 Å². The highest BCUT2D eigenvalue weighted by Crippen LogP contribution is 2.45. The average molecular weight is 1240 g/mol. The van der Waals surface area contributed by atoms with Gasteiger partial charge in [-0.3, -0.25) is 19.2 Å². The van der Waals surface area contributed by atoms with Gasteiger partial charge in [0.1, 0.15) is 34.3 Å². The van der Waals surface area contributed by atoms with Gasteiger partial charge in [-0.15, -0.1) is 0 Å². The maximum atomic E-state index is 12.8. The van der Waals surface area contributed by atoms with Gasteiger partial charge in [-0.2, -0.15) is 0 Å². The molecule has 0 N–H and O–H groups in total. The first-order chi connectivity index (χ1) is 37.8. The zero-order chi connectivity index (χ0) is 61.8. The summed E-state index contributed by atoms with van der Waals surface area (Å²) < 4.78 is 111. The summed E-state index contributed by atoms with van der Waals surface area (Å²) in [5, 5.41) is -1.08. The summed E-state index contributed by atoms with van der Waals surface area (Å²) in [7, 11) is -13.2. The molecule has 22 heteroatoms. The quantitative estimate of drug-likeness (QED) is 0.110. The number of hydrogen-bond donors (Lipinski definition) is 0. The van der Waals surface area contributed by atoms with Gasteiger partial charge < -0.3 is 9.47 Å². The Hall–Kier alpha value is -2.98. The van der Waals surface area contributed by atoms with Gasteiger partial charge in [-0.1, -0.05) is 55.4 Å². The van der Waals surface area contributed by atoms with Crippen molar-refractivity contribution in [2.75, 3.05) is 11.5 Å². The van der Waals surface area contributed by atoms with E-state index in [0.717, 1.165) is 60.0 Å².